The number of nitrogens with one attached hydrogen (secondary N) is 1. The third kappa shape index (κ3) is 3.95. The van der Waals surface area contributed by atoms with Crippen molar-refractivity contribution in [3.63, 3.8) is 0 Å². The molecule has 0 unspecified atom stereocenters. The highest BCUT2D eigenvalue weighted by Crippen LogP contribution is 2.34. The van der Waals surface area contributed by atoms with E-state index in [1.807, 2.05) is 42.5 Å². The summed E-state index contributed by atoms with van der Waals surface area (Å²) in [6, 6.07) is 23.8. The van der Waals surface area contributed by atoms with Gasteiger partial charge in [0, 0.05) is 22.7 Å². The average molecular weight is 433 g/mol. The molecular weight excluding hydrogens is 419 g/mol. The van der Waals surface area contributed by atoms with Crippen LogP contribution in [0.4, 0.5) is 5.69 Å². The Morgan fingerprint density at radius 3 is 2.57 bits per heavy atom. The summed E-state index contributed by atoms with van der Waals surface area (Å²) in [4.78, 5) is 12.7. The number of rotatable bonds is 4. The molecule has 1 aromatic heterocycles. The Balaban J connectivity index is 1.61. The summed E-state index contributed by atoms with van der Waals surface area (Å²) < 4.78 is 5.76. The lowest BCUT2D eigenvalue weighted by molar-refractivity contribution is -0.112. The second-order valence-corrected chi connectivity index (χ2v) is 7.24. The van der Waals surface area contributed by atoms with Gasteiger partial charge in [0.05, 0.1) is 10.0 Å². The Morgan fingerprint density at radius 2 is 1.73 bits per heavy atom. The first-order chi connectivity index (χ1) is 14.6. The fraction of sp³-hybridized carbons (Fsp3) is 0. The first-order valence-corrected chi connectivity index (χ1v) is 9.77. The molecule has 0 aliphatic carbocycles. The number of halogens is 2. The van der Waals surface area contributed by atoms with Crippen LogP contribution in [0.25, 0.3) is 28.2 Å². The number of nitriles is 1. The van der Waals surface area contributed by atoms with Crippen LogP contribution in [0.5, 0.6) is 0 Å². The Bertz CT molecular complexity index is 1330. The summed E-state index contributed by atoms with van der Waals surface area (Å²) in [5, 5.41) is 15.0. The van der Waals surface area contributed by atoms with Crippen LogP contribution in [0.1, 0.15) is 5.76 Å². The van der Waals surface area contributed by atoms with Gasteiger partial charge in [-0.15, -0.1) is 0 Å². The van der Waals surface area contributed by atoms with E-state index in [9.17, 15) is 10.1 Å². The summed E-state index contributed by atoms with van der Waals surface area (Å²) in [5.74, 6) is 0.318. The molecule has 0 aliphatic rings. The number of hydrogen-bond donors (Lipinski definition) is 1. The maximum atomic E-state index is 12.7. The lowest BCUT2D eigenvalue weighted by atomic mass is 10.1. The Kier molecular flexibility index (Phi) is 5.58. The molecule has 1 amide bonds. The molecule has 3 aromatic carbocycles. The SMILES string of the molecule is N#C/C(=C\c1ccc(-c2cccc(Cl)c2Cl)o1)C(=O)Nc1cccc2ccccc12. The summed E-state index contributed by atoms with van der Waals surface area (Å²) in [7, 11) is 0. The van der Waals surface area contributed by atoms with Gasteiger partial charge in [-0.25, -0.2) is 0 Å². The first kappa shape index (κ1) is 19.8. The molecule has 0 bridgehead atoms. The van der Waals surface area contributed by atoms with Crippen LogP contribution >= 0.6 is 23.2 Å². The normalized spacial score (nSPS) is 11.3. The van der Waals surface area contributed by atoms with E-state index in [1.54, 1.807) is 36.4 Å². The fourth-order valence-electron chi connectivity index (χ4n) is 3.08. The highest BCUT2D eigenvalue weighted by atomic mass is 35.5. The standard InChI is InChI=1S/C24H14Cl2N2O2/c25-20-9-4-8-19(23(20)26)22-12-11-17(30-22)13-16(14-27)24(29)28-21-10-3-6-15-5-1-2-7-18(15)21/h1-13H,(H,28,29)/b16-13+. The molecule has 1 N–H and O–H groups in total. The van der Waals surface area contributed by atoms with E-state index in [0.29, 0.717) is 32.8 Å². The molecular formula is C24H14Cl2N2O2. The van der Waals surface area contributed by atoms with Gasteiger partial charge in [-0.3, -0.25) is 4.79 Å². The maximum Gasteiger partial charge on any atom is 0.266 e. The molecule has 146 valence electrons. The van der Waals surface area contributed by atoms with Crippen molar-refractivity contribution in [2.24, 2.45) is 0 Å². The van der Waals surface area contributed by atoms with Gasteiger partial charge in [-0.1, -0.05) is 65.7 Å². The predicted octanol–water partition coefficient (Wildman–Crippen LogP) is 6.95. The Hall–Kier alpha value is -3.52. The van der Waals surface area contributed by atoms with Crippen LogP contribution in [0.2, 0.25) is 10.0 Å². The predicted molar refractivity (Wildman–Crippen MR) is 120 cm³/mol. The molecule has 0 atom stereocenters. The number of furan rings is 1. The van der Waals surface area contributed by atoms with Gasteiger partial charge in [0.1, 0.15) is 23.2 Å². The topological polar surface area (TPSA) is 66.0 Å². The molecule has 1 heterocycles. The molecule has 0 spiro atoms. The van der Waals surface area contributed by atoms with Crippen molar-refractivity contribution < 1.29 is 9.21 Å². The van der Waals surface area contributed by atoms with Crippen molar-refractivity contribution >= 4 is 51.6 Å². The minimum Gasteiger partial charge on any atom is -0.457 e. The smallest absolute Gasteiger partial charge is 0.266 e. The molecule has 4 rings (SSSR count). The van der Waals surface area contributed by atoms with Crippen LogP contribution in [0.15, 0.2) is 82.8 Å². The van der Waals surface area contributed by atoms with E-state index >= 15 is 0 Å². The van der Waals surface area contributed by atoms with Gasteiger partial charge in [0.2, 0.25) is 0 Å². The number of benzene rings is 3. The quantitative estimate of drug-likeness (QED) is 0.280. The summed E-state index contributed by atoms with van der Waals surface area (Å²) in [6.07, 6.45) is 1.39. The van der Waals surface area contributed by atoms with Gasteiger partial charge in [-0.2, -0.15) is 5.26 Å². The highest BCUT2D eigenvalue weighted by molar-refractivity contribution is 6.43. The van der Waals surface area contributed by atoms with Crippen molar-refractivity contribution in [3.8, 4) is 17.4 Å². The van der Waals surface area contributed by atoms with Crippen molar-refractivity contribution in [1.82, 2.24) is 0 Å². The third-order valence-corrected chi connectivity index (χ3v) is 5.35. The molecule has 4 nitrogen and oxygen atoms in total. The first-order valence-electron chi connectivity index (χ1n) is 9.02. The van der Waals surface area contributed by atoms with E-state index < -0.39 is 5.91 Å². The number of amides is 1. The molecule has 0 aliphatic heterocycles. The molecule has 4 aromatic rings. The van der Waals surface area contributed by atoms with Gasteiger partial charge < -0.3 is 9.73 Å². The van der Waals surface area contributed by atoms with Crippen molar-refractivity contribution in [2.75, 3.05) is 5.32 Å². The van der Waals surface area contributed by atoms with E-state index in [-0.39, 0.29) is 5.57 Å². The zero-order valence-corrected chi connectivity index (χ0v) is 17.0. The van der Waals surface area contributed by atoms with Gasteiger partial charge >= 0.3 is 0 Å². The van der Waals surface area contributed by atoms with Gasteiger partial charge in [0.25, 0.3) is 5.91 Å². The van der Waals surface area contributed by atoms with Crippen LogP contribution in [-0.2, 0) is 4.79 Å². The van der Waals surface area contributed by atoms with Crippen LogP contribution in [0, 0.1) is 11.3 Å². The van der Waals surface area contributed by atoms with Crippen molar-refractivity contribution in [2.45, 2.75) is 0 Å². The van der Waals surface area contributed by atoms with Crippen LogP contribution < -0.4 is 5.32 Å². The minimum absolute atomic E-state index is 0.0824. The fourth-order valence-corrected chi connectivity index (χ4v) is 3.48. The molecule has 0 saturated heterocycles. The maximum absolute atomic E-state index is 12.7. The van der Waals surface area contributed by atoms with Crippen molar-refractivity contribution in [1.29, 1.82) is 5.26 Å². The number of carbonyl (C=O) groups excluding carboxylic acids is 1. The van der Waals surface area contributed by atoms with E-state index in [1.165, 1.54) is 6.08 Å². The lowest BCUT2D eigenvalue weighted by Crippen LogP contribution is -2.13. The van der Waals surface area contributed by atoms with E-state index in [0.717, 1.165) is 10.8 Å². The van der Waals surface area contributed by atoms with E-state index in [4.69, 9.17) is 27.6 Å². The highest BCUT2D eigenvalue weighted by Gasteiger charge is 2.14. The number of nitrogens with zero attached hydrogens (tertiary/aromatic N) is 1. The third-order valence-electron chi connectivity index (χ3n) is 4.53. The van der Waals surface area contributed by atoms with Crippen LogP contribution in [0.3, 0.4) is 0 Å². The zero-order valence-electron chi connectivity index (χ0n) is 15.5. The second kappa shape index (κ2) is 8.46. The number of hydrogen-bond acceptors (Lipinski definition) is 3. The molecule has 0 saturated carbocycles. The Labute approximate surface area is 183 Å². The van der Waals surface area contributed by atoms with Crippen LogP contribution in [-0.4, -0.2) is 5.91 Å². The number of fused-ring (bicyclic) bond motifs is 1. The van der Waals surface area contributed by atoms with Gasteiger partial charge in [-0.05, 0) is 35.7 Å². The number of carbonyl (C=O) groups is 1. The number of anilines is 1. The molecule has 0 fully saturated rings. The minimum atomic E-state index is -0.521. The summed E-state index contributed by atoms with van der Waals surface area (Å²) in [5.41, 5.74) is 1.17. The monoisotopic (exact) mass is 432 g/mol. The Morgan fingerprint density at radius 1 is 0.967 bits per heavy atom. The van der Waals surface area contributed by atoms with Gasteiger partial charge in [0.15, 0.2) is 0 Å². The van der Waals surface area contributed by atoms with Crippen molar-refractivity contribution in [3.05, 3.63) is 94.2 Å². The average Bonchev–Trinajstić information content (AvgIpc) is 3.22. The summed E-state index contributed by atoms with van der Waals surface area (Å²) >= 11 is 12.3. The second-order valence-electron chi connectivity index (χ2n) is 6.45. The molecule has 0 radical (unpaired) electrons. The largest absolute Gasteiger partial charge is 0.457 e. The zero-order chi connectivity index (χ0) is 21.1. The summed E-state index contributed by atoms with van der Waals surface area (Å²) in [6.45, 7) is 0. The molecule has 6 heteroatoms. The van der Waals surface area contributed by atoms with E-state index in [2.05, 4.69) is 5.32 Å². The lowest BCUT2D eigenvalue weighted by Gasteiger charge is -2.08. The molecule has 30 heavy (non-hydrogen) atoms.